The van der Waals surface area contributed by atoms with Crippen LogP contribution in [0.5, 0.6) is 6.01 Å². The van der Waals surface area contributed by atoms with Gasteiger partial charge in [-0.25, -0.2) is 4.98 Å². The Morgan fingerprint density at radius 3 is 2.71 bits per heavy atom. The first kappa shape index (κ1) is 12.4. The van der Waals surface area contributed by atoms with Crippen molar-refractivity contribution in [3.63, 3.8) is 0 Å². The zero-order valence-electron chi connectivity index (χ0n) is 10.2. The van der Waals surface area contributed by atoms with Crippen LogP contribution in [-0.2, 0) is 0 Å². The fourth-order valence-corrected chi connectivity index (χ4v) is 2.29. The maximum absolute atomic E-state index is 6.06. The third-order valence-electron chi connectivity index (χ3n) is 3.26. The maximum atomic E-state index is 6.06. The Morgan fingerprint density at radius 2 is 2.06 bits per heavy atom. The Bertz CT molecular complexity index is 378. The van der Waals surface area contributed by atoms with Crippen LogP contribution in [0.1, 0.15) is 32.6 Å². The van der Waals surface area contributed by atoms with Gasteiger partial charge in [0.25, 0.3) is 0 Å². The van der Waals surface area contributed by atoms with Gasteiger partial charge in [0, 0.05) is 6.04 Å². The number of nitrogens with zero attached hydrogens (tertiary/aromatic N) is 2. The van der Waals surface area contributed by atoms with E-state index in [-0.39, 0.29) is 0 Å². The van der Waals surface area contributed by atoms with E-state index in [0.717, 1.165) is 5.92 Å². The Balaban J connectivity index is 2.02. The van der Waals surface area contributed by atoms with E-state index < -0.39 is 0 Å². The molecule has 2 rings (SSSR count). The molecule has 0 saturated heterocycles. The molecule has 0 unspecified atom stereocenters. The normalized spacial score (nSPS) is 24.4. The smallest absolute Gasteiger partial charge is 0.318 e. The summed E-state index contributed by atoms with van der Waals surface area (Å²) in [6.45, 7) is 2.30. The second-order valence-corrected chi connectivity index (χ2v) is 5.06. The molecule has 1 saturated carbocycles. The van der Waals surface area contributed by atoms with Crippen molar-refractivity contribution >= 4 is 17.4 Å². The standard InChI is InChI=1S/C12H18ClN3O/c1-8-3-5-9(6-4-8)15-11-10(13)7-14-12(16-11)17-2/h7-9H,3-6H2,1-2H3,(H,14,15,16). The summed E-state index contributed by atoms with van der Waals surface area (Å²) in [5, 5.41) is 3.93. The van der Waals surface area contributed by atoms with Crippen molar-refractivity contribution in [2.45, 2.75) is 38.6 Å². The van der Waals surface area contributed by atoms with Crippen LogP contribution in [0.4, 0.5) is 5.82 Å². The molecule has 1 N–H and O–H groups in total. The van der Waals surface area contributed by atoms with E-state index in [0.29, 0.717) is 22.9 Å². The monoisotopic (exact) mass is 255 g/mol. The van der Waals surface area contributed by atoms with Crippen LogP contribution in [0.3, 0.4) is 0 Å². The molecule has 1 aliphatic rings. The average Bonchev–Trinajstić information content (AvgIpc) is 2.35. The number of halogens is 1. The highest BCUT2D eigenvalue weighted by molar-refractivity contribution is 6.32. The van der Waals surface area contributed by atoms with Crippen LogP contribution in [0.15, 0.2) is 6.20 Å². The molecule has 0 aromatic carbocycles. The molecule has 0 aliphatic heterocycles. The summed E-state index contributed by atoms with van der Waals surface area (Å²) < 4.78 is 5.00. The topological polar surface area (TPSA) is 47.0 Å². The van der Waals surface area contributed by atoms with E-state index in [1.807, 2.05) is 0 Å². The molecule has 0 spiro atoms. The first-order valence-corrected chi connectivity index (χ1v) is 6.40. The van der Waals surface area contributed by atoms with Gasteiger partial charge in [0.1, 0.15) is 5.02 Å². The van der Waals surface area contributed by atoms with Crippen molar-refractivity contribution in [3.8, 4) is 6.01 Å². The molecular weight excluding hydrogens is 238 g/mol. The van der Waals surface area contributed by atoms with Gasteiger partial charge < -0.3 is 10.1 Å². The second-order valence-electron chi connectivity index (χ2n) is 4.65. The van der Waals surface area contributed by atoms with E-state index in [9.17, 15) is 0 Å². The third kappa shape index (κ3) is 3.22. The Labute approximate surface area is 107 Å². The minimum atomic E-state index is 0.348. The molecule has 0 amide bonds. The molecule has 5 heteroatoms. The molecule has 0 bridgehead atoms. The molecule has 0 radical (unpaired) electrons. The summed E-state index contributed by atoms with van der Waals surface area (Å²) in [5.41, 5.74) is 0. The molecule has 94 valence electrons. The highest BCUT2D eigenvalue weighted by atomic mass is 35.5. The summed E-state index contributed by atoms with van der Waals surface area (Å²) in [6, 6.07) is 0.810. The van der Waals surface area contributed by atoms with Crippen molar-refractivity contribution in [1.82, 2.24) is 9.97 Å². The molecule has 0 atom stereocenters. The molecular formula is C12H18ClN3O. The van der Waals surface area contributed by atoms with Crippen LogP contribution in [-0.4, -0.2) is 23.1 Å². The predicted molar refractivity (Wildman–Crippen MR) is 68.6 cm³/mol. The average molecular weight is 256 g/mol. The lowest BCUT2D eigenvalue weighted by Crippen LogP contribution is -2.25. The van der Waals surface area contributed by atoms with Crippen molar-refractivity contribution < 1.29 is 4.74 Å². The molecule has 1 aromatic rings. The lowest BCUT2D eigenvalue weighted by molar-refractivity contribution is 0.359. The van der Waals surface area contributed by atoms with Gasteiger partial charge in [-0.05, 0) is 31.6 Å². The largest absolute Gasteiger partial charge is 0.467 e. The SMILES string of the molecule is COc1ncc(Cl)c(NC2CCC(C)CC2)n1. The van der Waals surface area contributed by atoms with Crippen molar-refractivity contribution in [1.29, 1.82) is 0 Å². The zero-order chi connectivity index (χ0) is 12.3. The van der Waals surface area contributed by atoms with Crippen LogP contribution in [0.2, 0.25) is 5.02 Å². The van der Waals surface area contributed by atoms with Gasteiger partial charge in [-0.2, -0.15) is 4.98 Å². The summed E-state index contributed by atoms with van der Waals surface area (Å²) in [5.74, 6) is 1.52. The number of hydrogen-bond donors (Lipinski definition) is 1. The van der Waals surface area contributed by atoms with Gasteiger partial charge in [0.15, 0.2) is 5.82 Å². The van der Waals surface area contributed by atoms with Crippen LogP contribution in [0.25, 0.3) is 0 Å². The van der Waals surface area contributed by atoms with Gasteiger partial charge in [-0.1, -0.05) is 18.5 Å². The van der Waals surface area contributed by atoms with Crippen molar-refractivity contribution in [2.75, 3.05) is 12.4 Å². The number of aromatic nitrogens is 2. The minimum Gasteiger partial charge on any atom is -0.467 e. The van der Waals surface area contributed by atoms with Crippen LogP contribution < -0.4 is 10.1 Å². The number of methoxy groups -OCH3 is 1. The summed E-state index contributed by atoms with van der Waals surface area (Å²) in [4.78, 5) is 8.18. The Hall–Kier alpha value is -1.03. The summed E-state index contributed by atoms with van der Waals surface area (Å²) in [7, 11) is 1.55. The van der Waals surface area contributed by atoms with Crippen molar-refractivity contribution in [2.24, 2.45) is 5.92 Å². The highest BCUT2D eigenvalue weighted by Gasteiger charge is 2.19. The third-order valence-corrected chi connectivity index (χ3v) is 3.54. The lowest BCUT2D eigenvalue weighted by Gasteiger charge is -2.27. The van der Waals surface area contributed by atoms with Gasteiger partial charge in [-0.3, -0.25) is 0 Å². The zero-order valence-corrected chi connectivity index (χ0v) is 11.0. The maximum Gasteiger partial charge on any atom is 0.318 e. The number of hydrogen-bond acceptors (Lipinski definition) is 4. The van der Waals surface area contributed by atoms with Crippen LogP contribution in [0, 0.1) is 5.92 Å². The van der Waals surface area contributed by atoms with E-state index in [2.05, 4.69) is 22.2 Å². The summed E-state index contributed by atoms with van der Waals surface area (Å²) in [6.07, 6.45) is 6.43. The minimum absolute atomic E-state index is 0.348. The van der Waals surface area contributed by atoms with E-state index >= 15 is 0 Å². The van der Waals surface area contributed by atoms with Gasteiger partial charge in [0.2, 0.25) is 0 Å². The summed E-state index contributed by atoms with van der Waals surface area (Å²) >= 11 is 6.06. The number of rotatable bonds is 3. The number of ether oxygens (including phenoxy) is 1. The van der Waals surface area contributed by atoms with Gasteiger partial charge in [-0.15, -0.1) is 0 Å². The van der Waals surface area contributed by atoms with E-state index in [4.69, 9.17) is 16.3 Å². The molecule has 1 aliphatic carbocycles. The highest BCUT2D eigenvalue weighted by Crippen LogP contribution is 2.28. The second kappa shape index (κ2) is 5.54. The van der Waals surface area contributed by atoms with Crippen molar-refractivity contribution in [3.05, 3.63) is 11.2 Å². The Kier molecular flexibility index (Phi) is 4.05. The molecule has 4 nitrogen and oxygen atoms in total. The number of nitrogens with one attached hydrogen (secondary N) is 1. The first-order chi connectivity index (χ1) is 8.19. The van der Waals surface area contributed by atoms with E-state index in [1.165, 1.54) is 25.7 Å². The molecule has 1 heterocycles. The predicted octanol–water partition coefficient (Wildman–Crippen LogP) is 3.13. The van der Waals surface area contributed by atoms with Gasteiger partial charge in [0.05, 0.1) is 13.3 Å². The Morgan fingerprint density at radius 1 is 1.35 bits per heavy atom. The van der Waals surface area contributed by atoms with Crippen LogP contribution >= 0.6 is 11.6 Å². The molecule has 1 aromatic heterocycles. The molecule has 17 heavy (non-hydrogen) atoms. The lowest BCUT2D eigenvalue weighted by atomic mass is 9.87. The fraction of sp³-hybridized carbons (Fsp3) is 0.667. The molecule has 1 fully saturated rings. The fourth-order valence-electron chi connectivity index (χ4n) is 2.15. The number of anilines is 1. The van der Waals surface area contributed by atoms with E-state index in [1.54, 1.807) is 13.3 Å². The quantitative estimate of drug-likeness (QED) is 0.902. The first-order valence-electron chi connectivity index (χ1n) is 6.02. The van der Waals surface area contributed by atoms with Gasteiger partial charge >= 0.3 is 6.01 Å².